The van der Waals surface area contributed by atoms with Gasteiger partial charge in [0.2, 0.25) is 0 Å². The Bertz CT molecular complexity index is 1670. The van der Waals surface area contributed by atoms with E-state index in [0.717, 1.165) is 32.9 Å². The third-order valence-electron chi connectivity index (χ3n) is 6.18. The monoisotopic (exact) mass is 478 g/mol. The molecule has 0 radical (unpaired) electrons. The Labute approximate surface area is 207 Å². The highest BCUT2D eigenvalue weighted by Gasteiger charge is 2.29. The fraction of sp³-hybridized carbons (Fsp3) is 0.138. The number of rotatable bonds is 3. The number of carbonyl (C=O) groups is 1. The van der Waals surface area contributed by atoms with Crippen molar-refractivity contribution >= 4 is 33.7 Å². The van der Waals surface area contributed by atoms with Gasteiger partial charge in [0.25, 0.3) is 0 Å². The maximum atomic E-state index is 14.5. The quantitative estimate of drug-likeness (QED) is 0.299. The fourth-order valence-electron chi connectivity index (χ4n) is 4.68. The minimum Gasteiger partial charge on any atom is -0.465 e. The summed E-state index contributed by atoms with van der Waals surface area (Å²) in [6.07, 6.45) is 0.613. The fourth-order valence-corrected chi connectivity index (χ4v) is 4.68. The van der Waals surface area contributed by atoms with Crippen LogP contribution in [0.2, 0.25) is 0 Å². The molecule has 36 heavy (non-hydrogen) atoms. The van der Waals surface area contributed by atoms with E-state index in [1.54, 1.807) is 18.3 Å². The van der Waals surface area contributed by atoms with E-state index in [2.05, 4.69) is 4.98 Å². The van der Waals surface area contributed by atoms with Crippen LogP contribution in [0.1, 0.15) is 26.3 Å². The average Bonchev–Trinajstić information content (AvgIpc) is 3.18. The van der Waals surface area contributed by atoms with E-state index in [1.807, 2.05) is 79.9 Å². The van der Waals surface area contributed by atoms with E-state index in [4.69, 9.17) is 5.26 Å². The minimum absolute atomic E-state index is 0.00275. The largest absolute Gasteiger partial charge is 0.465 e. The lowest BCUT2D eigenvalue weighted by Gasteiger charge is -2.32. The Hall–Kier alpha value is -4.70. The molecule has 0 unspecified atom stereocenters. The number of nitriles is 1. The average molecular weight is 479 g/mol. The standard InChI is InChI=1S/C29H23FN4O2/c1-29(2,3)34(28(35)36)26-14-12-19(17-32-26)21-8-6-10-25-27(21)22-7-4-5-9-24(22)33(25)20-13-11-18(16-31)23(30)15-20/h4-15,17H,1-3H3,(H,35,36). The van der Waals surface area contributed by atoms with Gasteiger partial charge in [-0.25, -0.2) is 14.2 Å². The summed E-state index contributed by atoms with van der Waals surface area (Å²) in [4.78, 5) is 17.6. The van der Waals surface area contributed by atoms with E-state index in [-0.39, 0.29) is 5.56 Å². The number of fused-ring (bicyclic) bond motifs is 3. The third kappa shape index (κ3) is 3.73. The molecule has 3 aromatic carbocycles. The maximum Gasteiger partial charge on any atom is 0.413 e. The topological polar surface area (TPSA) is 82.2 Å². The zero-order valence-electron chi connectivity index (χ0n) is 20.0. The van der Waals surface area contributed by atoms with Crippen LogP contribution in [0.3, 0.4) is 0 Å². The maximum absolute atomic E-state index is 14.5. The van der Waals surface area contributed by atoms with Crippen molar-refractivity contribution in [3.63, 3.8) is 0 Å². The lowest BCUT2D eigenvalue weighted by atomic mass is 10.0. The number of pyridine rings is 1. The van der Waals surface area contributed by atoms with Crippen LogP contribution >= 0.6 is 0 Å². The Balaban J connectivity index is 1.72. The number of anilines is 1. The van der Waals surface area contributed by atoms with Crippen LogP contribution in [0, 0.1) is 17.1 Å². The molecule has 7 heteroatoms. The Morgan fingerprint density at radius 2 is 1.78 bits per heavy atom. The molecule has 0 aliphatic rings. The summed E-state index contributed by atoms with van der Waals surface area (Å²) in [7, 11) is 0. The normalized spacial score (nSPS) is 11.5. The SMILES string of the molecule is CC(C)(C)N(C(=O)O)c1ccc(-c2cccc3c2c2ccccc2n3-c2ccc(C#N)c(F)c2)cn1. The molecule has 0 saturated heterocycles. The predicted molar refractivity (Wildman–Crippen MR) is 139 cm³/mol. The molecule has 0 spiro atoms. The molecule has 5 aromatic rings. The number of nitrogens with zero attached hydrogens (tertiary/aromatic N) is 4. The number of para-hydroxylation sites is 1. The number of aromatic nitrogens is 2. The van der Waals surface area contributed by atoms with Crippen molar-refractivity contribution in [3.8, 4) is 22.9 Å². The Morgan fingerprint density at radius 1 is 1.03 bits per heavy atom. The highest BCUT2D eigenvalue weighted by Crippen LogP contribution is 2.38. The Morgan fingerprint density at radius 3 is 2.42 bits per heavy atom. The Kier molecular flexibility index (Phi) is 5.45. The van der Waals surface area contributed by atoms with Crippen LogP contribution < -0.4 is 4.90 Å². The van der Waals surface area contributed by atoms with Gasteiger partial charge in [-0.15, -0.1) is 0 Å². The van der Waals surface area contributed by atoms with Crippen molar-refractivity contribution < 1.29 is 14.3 Å². The predicted octanol–water partition coefficient (Wildman–Crippen LogP) is 7.14. The van der Waals surface area contributed by atoms with Gasteiger partial charge in [0, 0.05) is 33.8 Å². The summed E-state index contributed by atoms with van der Waals surface area (Å²) >= 11 is 0. The van der Waals surface area contributed by atoms with Crippen LogP contribution in [0.4, 0.5) is 15.0 Å². The van der Waals surface area contributed by atoms with Gasteiger partial charge >= 0.3 is 6.09 Å². The van der Waals surface area contributed by atoms with E-state index in [0.29, 0.717) is 11.5 Å². The summed E-state index contributed by atoms with van der Waals surface area (Å²) in [5.41, 5.74) is 3.50. The van der Waals surface area contributed by atoms with Crippen LogP contribution in [-0.2, 0) is 0 Å². The second kappa shape index (κ2) is 8.51. The summed E-state index contributed by atoms with van der Waals surface area (Å²) in [5.74, 6) is -0.222. The number of carboxylic acid groups (broad SMARTS) is 1. The molecule has 1 amide bonds. The molecule has 6 nitrogen and oxygen atoms in total. The van der Waals surface area contributed by atoms with Crippen molar-refractivity contribution in [1.82, 2.24) is 9.55 Å². The molecule has 5 rings (SSSR count). The van der Waals surface area contributed by atoms with E-state index >= 15 is 0 Å². The summed E-state index contributed by atoms with van der Waals surface area (Å²) < 4.78 is 16.5. The summed E-state index contributed by atoms with van der Waals surface area (Å²) in [5, 5.41) is 20.8. The van der Waals surface area contributed by atoms with E-state index in [9.17, 15) is 14.3 Å². The molecule has 2 heterocycles. The molecular weight excluding hydrogens is 455 g/mol. The number of halogens is 1. The molecular formula is C29H23FN4O2. The lowest BCUT2D eigenvalue weighted by Crippen LogP contribution is -2.45. The number of hydrogen-bond acceptors (Lipinski definition) is 3. The minimum atomic E-state index is -1.07. The first-order valence-electron chi connectivity index (χ1n) is 11.4. The third-order valence-corrected chi connectivity index (χ3v) is 6.18. The van der Waals surface area contributed by atoms with Gasteiger partial charge in [-0.1, -0.05) is 30.3 Å². The van der Waals surface area contributed by atoms with Gasteiger partial charge in [-0.05, 0) is 68.8 Å². The molecule has 2 aromatic heterocycles. The first-order chi connectivity index (χ1) is 17.2. The molecule has 0 aliphatic carbocycles. The lowest BCUT2D eigenvalue weighted by molar-refractivity contribution is 0.195. The van der Waals surface area contributed by atoms with Gasteiger partial charge in [-0.2, -0.15) is 5.26 Å². The molecule has 0 fully saturated rings. The van der Waals surface area contributed by atoms with Crippen LogP contribution in [-0.4, -0.2) is 26.3 Å². The van der Waals surface area contributed by atoms with Crippen molar-refractivity contribution in [2.45, 2.75) is 26.3 Å². The molecule has 1 N–H and O–H groups in total. The van der Waals surface area contributed by atoms with Gasteiger partial charge in [0.05, 0.1) is 16.6 Å². The second-order valence-corrected chi connectivity index (χ2v) is 9.52. The smallest absolute Gasteiger partial charge is 0.413 e. The van der Waals surface area contributed by atoms with Crippen molar-refractivity contribution in [3.05, 3.63) is 90.4 Å². The van der Waals surface area contributed by atoms with Crippen molar-refractivity contribution in [2.75, 3.05) is 4.90 Å². The summed E-state index contributed by atoms with van der Waals surface area (Å²) in [6, 6.07) is 23.8. The first-order valence-corrected chi connectivity index (χ1v) is 11.4. The van der Waals surface area contributed by atoms with Crippen LogP contribution in [0.25, 0.3) is 38.6 Å². The molecule has 0 atom stereocenters. The molecule has 0 saturated carbocycles. The van der Waals surface area contributed by atoms with Crippen molar-refractivity contribution in [2.24, 2.45) is 0 Å². The molecule has 178 valence electrons. The molecule has 0 aliphatic heterocycles. The second-order valence-electron chi connectivity index (χ2n) is 9.52. The van der Waals surface area contributed by atoms with E-state index in [1.165, 1.54) is 17.0 Å². The van der Waals surface area contributed by atoms with E-state index < -0.39 is 17.4 Å². The highest BCUT2D eigenvalue weighted by atomic mass is 19.1. The van der Waals surface area contributed by atoms with Gasteiger partial charge in [-0.3, -0.25) is 4.90 Å². The van der Waals surface area contributed by atoms with Crippen LogP contribution in [0.5, 0.6) is 0 Å². The number of amides is 1. The number of hydrogen-bond donors (Lipinski definition) is 1. The highest BCUT2D eigenvalue weighted by molar-refractivity contribution is 6.15. The van der Waals surface area contributed by atoms with Gasteiger partial charge in [0.15, 0.2) is 0 Å². The van der Waals surface area contributed by atoms with Gasteiger partial charge in [0.1, 0.15) is 17.7 Å². The first kappa shape index (κ1) is 23.1. The zero-order chi connectivity index (χ0) is 25.6. The van der Waals surface area contributed by atoms with Crippen molar-refractivity contribution in [1.29, 1.82) is 5.26 Å². The van der Waals surface area contributed by atoms with Crippen LogP contribution in [0.15, 0.2) is 79.0 Å². The van der Waals surface area contributed by atoms with Gasteiger partial charge < -0.3 is 9.67 Å². The summed E-state index contributed by atoms with van der Waals surface area (Å²) in [6.45, 7) is 5.45. The number of benzene rings is 3. The molecule has 0 bridgehead atoms. The zero-order valence-corrected chi connectivity index (χ0v) is 20.0.